The molecule has 1 aromatic rings. The number of rotatable bonds is 8. The van der Waals surface area contributed by atoms with Crippen molar-refractivity contribution in [1.29, 1.82) is 0 Å². The zero-order valence-electron chi connectivity index (χ0n) is 15.8. The summed E-state index contributed by atoms with van der Waals surface area (Å²) in [6.07, 6.45) is -1.17. The largest absolute Gasteiger partial charge is 0.453 e. The third-order valence-electron chi connectivity index (χ3n) is 3.99. The molecule has 0 spiro atoms. The highest BCUT2D eigenvalue weighted by Crippen LogP contribution is 2.20. The molecule has 0 bridgehead atoms. The molecule has 2 amide bonds. The van der Waals surface area contributed by atoms with E-state index >= 15 is 0 Å². The number of nitrogens with two attached hydrogens (primary N) is 1. The van der Waals surface area contributed by atoms with E-state index in [0.717, 1.165) is 5.56 Å². The molecule has 8 heteroatoms. The third kappa shape index (κ3) is 6.99. The van der Waals surface area contributed by atoms with Gasteiger partial charge in [-0.2, -0.15) is 0 Å². The SMILES string of the molecule is COC(=O)N[C@H](C(=O)N[C@@H](Cc1ccccc1)[C@@H](O)CNN)C(C)(C)C. The number of alkyl carbamates (subject to hydrolysis) is 1. The van der Waals surface area contributed by atoms with Gasteiger partial charge < -0.3 is 20.5 Å². The average Bonchev–Trinajstić information content (AvgIpc) is 2.58. The van der Waals surface area contributed by atoms with E-state index in [-0.39, 0.29) is 6.54 Å². The molecule has 0 fully saturated rings. The topological polar surface area (TPSA) is 126 Å². The molecular formula is C18H30N4O4. The van der Waals surface area contributed by atoms with Crippen LogP contribution < -0.4 is 21.9 Å². The van der Waals surface area contributed by atoms with Crippen LogP contribution in [0, 0.1) is 5.41 Å². The lowest BCUT2D eigenvalue weighted by atomic mass is 9.85. The smallest absolute Gasteiger partial charge is 0.407 e. The van der Waals surface area contributed by atoms with E-state index in [9.17, 15) is 14.7 Å². The maximum absolute atomic E-state index is 12.8. The van der Waals surface area contributed by atoms with E-state index in [1.807, 2.05) is 51.1 Å². The molecule has 6 N–H and O–H groups in total. The molecule has 0 radical (unpaired) electrons. The van der Waals surface area contributed by atoms with Crippen molar-refractivity contribution < 1.29 is 19.4 Å². The number of carbonyl (C=O) groups excluding carboxylic acids is 2. The highest BCUT2D eigenvalue weighted by Gasteiger charge is 2.35. The summed E-state index contributed by atoms with van der Waals surface area (Å²) in [4.78, 5) is 24.4. The molecule has 0 heterocycles. The van der Waals surface area contributed by atoms with Crippen molar-refractivity contribution in [1.82, 2.24) is 16.1 Å². The number of hydrogen-bond acceptors (Lipinski definition) is 6. The second kappa shape index (κ2) is 10.1. The van der Waals surface area contributed by atoms with Crippen molar-refractivity contribution in [2.45, 2.75) is 45.4 Å². The molecule has 8 nitrogen and oxygen atoms in total. The fourth-order valence-corrected chi connectivity index (χ4v) is 2.53. The molecular weight excluding hydrogens is 336 g/mol. The summed E-state index contributed by atoms with van der Waals surface area (Å²) in [7, 11) is 1.24. The number of hydrazine groups is 1. The van der Waals surface area contributed by atoms with Gasteiger partial charge in [0.25, 0.3) is 0 Å². The van der Waals surface area contributed by atoms with E-state index in [1.54, 1.807) is 0 Å². The second-order valence-corrected chi connectivity index (χ2v) is 7.22. The summed E-state index contributed by atoms with van der Waals surface area (Å²) < 4.78 is 4.61. The number of nitrogens with one attached hydrogen (secondary N) is 3. The first-order valence-electron chi connectivity index (χ1n) is 8.49. The Morgan fingerprint density at radius 3 is 2.31 bits per heavy atom. The number of hydrogen-bond donors (Lipinski definition) is 5. The maximum Gasteiger partial charge on any atom is 0.407 e. The predicted octanol–water partition coefficient (Wildman–Crippen LogP) is 0.309. The standard InChI is InChI=1S/C18H30N4O4/c1-18(2,3)15(22-17(25)26-4)16(24)21-13(14(23)11-20-19)10-12-8-6-5-7-9-12/h5-9,13-15,20,23H,10-11,19H2,1-4H3,(H,21,24)(H,22,25)/t13-,14-,15+/m0/s1. The molecule has 146 valence electrons. The Hall–Kier alpha value is -2.16. The molecule has 0 saturated heterocycles. The lowest BCUT2D eigenvalue weighted by molar-refractivity contribution is -0.127. The van der Waals surface area contributed by atoms with Crippen LogP contribution in [0.1, 0.15) is 26.3 Å². The van der Waals surface area contributed by atoms with Crippen LogP contribution in [0.5, 0.6) is 0 Å². The number of benzene rings is 1. The zero-order chi connectivity index (χ0) is 19.7. The molecule has 26 heavy (non-hydrogen) atoms. The van der Waals surface area contributed by atoms with Crippen molar-refractivity contribution >= 4 is 12.0 Å². The molecule has 1 rings (SSSR count). The van der Waals surface area contributed by atoms with Gasteiger partial charge in [0.05, 0.1) is 19.3 Å². The average molecular weight is 366 g/mol. The minimum absolute atomic E-state index is 0.113. The van der Waals surface area contributed by atoms with Crippen LogP contribution in [-0.2, 0) is 16.0 Å². The Labute approximate surface area is 154 Å². The van der Waals surface area contributed by atoms with Crippen molar-refractivity contribution in [2.24, 2.45) is 11.3 Å². The van der Waals surface area contributed by atoms with Crippen LogP contribution in [-0.4, -0.2) is 48.9 Å². The van der Waals surface area contributed by atoms with Gasteiger partial charge in [-0.15, -0.1) is 0 Å². The summed E-state index contributed by atoms with van der Waals surface area (Å²) >= 11 is 0. The first-order valence-corrected chi connectivity index (χ1v) is 8.49. The van der Waals surface area contributed by atoms with Crippen LogP contribution in [0.3, 0.4) is 0 Å². The number of aliphatic hydroxyl groups is 1. The molecule has 1 aromatic carbocycles. The Kier molecular flexibility index (Phi) is 8.50. The summed E-state index contributed by atoms with van der Waals surface area (Å²) in [5.41, 5.74) is 2.83. The number of ether oxygens (including phenoxy) is 1. The molecule has 0 unspecified atom stereocenters. The normalized spacial score (nSPS) is 14.8. The monoisotopic (exact) mass is 366 g/mol. The molecule has 0 aliphatic carbocycles. The van der Waals surface area contributed by atoms with Gasteiger partial charge in [-0.3, -0.25) is 16.1 Å². The Morgan fingerprint density at radius 1 is 1.19 bits per heavy atom. The first kappa shape index (κ1) is 21.9. The molecule has 3 atom stereocenters. The van der Waals surface area contributed by atoms with E-state index < -0.39 is 35.6 Å². The minimum atomic E-state index is -0.900. The number of amides is 2. The van der Waals surface area contributed by atoms with Gasteiger partial charge in [0.15, 0.2) is 0 Å². The maximum atomic E-state index is 12.8. The van der Waals surface area contributed by atoms with Gasteiger partial charge in [-0.05, 0) is 17.4 Å². The fraction of sp³-hybridized carbons (Fsp3) is 0.556. The van der Waals surface area contributed by atoms with Crippen LogP contribution in [0.15, 0.2) is 30.3 Å². The number of methoxy groups -OCH3 is 1. The molecule has 0 aromatic heterocycles. The lowest BCUT2D eigenvalue weighted by Gasteiger charge is -2.32. The summed E-state index contributed by atoms with van der Waals surface area (Å²) in [5.74, 6) is 4.91. The highest BCUT2D eigenvalue weighted by atomic mass is 16.5. The van der Waals surface area contributed by atoms with Crippen molar-refractivity contribution in [3.05, 3.63) is 35.9 Å². The van der Waals surface area contributed by atoms with Crippen molar-refractivity contribution in [3.8, 4) is 0 Å². The van der Waals surface area contributed by atoms with Gasteiger partial charge in [-0.1, -0.05) is 51.1 Å². The molecule has 0 saturated carbocycles. The van der Waals surface area contributed by atoms with E-state index in [1.165, 1.54) is 7.11 Å². The minimum Gasteiger partial charge on any atom is -0.453 e. The van der Waals surface area contributed by atoms with Crippen molar-refractivity contribution in [3.63, 3.8) is 0 Å². The van der Waals surface area contributed by atoms with Gasteiger partial charge in [0.1, 0.15) is 6.04 Å². The van der Waals surface area contributed by atoms with Gasteiger partial charge in [-0.25, -0.2) is 4.79 Å². The molecule has 0 aliphatic heterocycles. The van der Waals surface area contributed by atoms with E-state index in [2.05, 4.69) is 20.8 Å². The zero-order valence-corrected chi connectivity index (χ0v) is 15.8. The van der Waals surface area contributed by atoms with Crippen LogP contribution in [0.2, 0.25) is 0 Å². The van der Waals surface area contributed by atoms with Crippen molar-refractivity contribution in [2.75, 3.05) is 13.7 Å². The lowest BCUT2D eigenvalue weighted by Crippen LogP contribution is -2.58. The Balaban J connectivity index is 2.95. The first-order chi connectivity index (χ1) is 12.2. The Morgan fingerprint density at radius 2 is 1.81 bits per heavy atom. The molecule has 0 aliphatic rings. The van der Waals surface area contributed by atoms with Crippen LogP contribution in [0.25, 0.3) is 0 Å². The van der Waals surface area contributed by atoms with Gasteiger partial charge >= 0.3 is 6.09 Å². The number of aliphatic hydroxyl groups excluding tert-OH is 1. The quantitative estimate of drug-likeness (QED) is 0.333. The third-order valence-corrected chi connectivity index (χ3v) is 3.99. The number of carbonyl (C=O) groups is 2. The predicted molar refractivity (Wildman–Crippen MR) is 99.1 cm³/mol. The summed E-state index contributed by atoms with van der Waals surface area (Å²) in [6, 6.07) is 8.09. The fourth-order valence-electron chi connectivity index (χ4n) is 2.53. The summed E-state index contributed by atoms with van der Waals surface area (Å²) in [6.45, 7) is 5.61. The van der Waals surface area contributed by atoms with E-state index in [4.69, 9.17) is 5.84 Å². The Bertz CT molecular complexity index is 574. The van der Waals surface area contributed by atoms with Crippen LogP contribution in [0.4, 0.5) is 4.79 Å². The van der Waals surface area contributed by atoms with Crippen LogP contribution >= 0.6 is 0 Å². The highest BCUT2D eigenvalue weighted by molar-refractivity contribution is 5.86. The van der Waals surface area contributed by atoms with E-state index in [0.29, 0.717) is 6.42 Å². The summed E-state index contributed by atoms with van der Waals surface area (Å²) in [5, 5.41) is 15.7. The van der Waals surface area contributed by atoms with Gasteiger partial charge in [0, 0.05) is 6.54 Å². The van der Waals surface area contributed by atoms with Gasteiger partial charge in [0.2, 0.25) is 5.91 Å². The second-order valence-electron chi connectivity index (χ2n) is 7.22.